The molecule has 2 aliphatic rings. The highest BCUT2D eigenvalue weighted by atomic mass is 16.7. The highest BCUT2D eigenvalue weighted by Gasteiger charge is 2.58. The molecule has 1 spiro atoms. The van der Waals surface area contributed by atoms with Gasteiger partial charge < -0.3 is 14.1 Å². The van der Waals surface area contributed by atoms with Gasteiger partial charge in [-0.3, -0.25) is 14.4 Å². The molecule has 0 bridgehead atoms. The Morgan fingerprint density at radius 2 is 2.14 bits per heavy atom. The lowest BCUT2D eigenvalue weighted by molar-refractivity contribution is -0.218. The Kier molecular flexibility index (Phi) is 6.80. The molecule has 0 unspecified atom stereocenters. The summed E-state index contributed by atoms with van der Waals surface area (Å²) in [6.07, 6.45) is 4.11. The summed E-state index contributed by atoms with van der Waals surface area (Å²) in [5.74, 6) is 1.33. The predicted molar refractivity (Wildman–Crippen MR) is 108 cm³/mol. The number of hydrogen-bond donors (Lipinski definition) is 0. The summed E-state index contributed by atoms with van der Waals surface area (Å²) in [5.41, 5.74) is -0.632. The minimum absolute atomic E-state index is 0.138. The van der Waals surface area contributed by atoms with E-state index in [0.717, 1.165) is 37.6 Å². The summed E-state index contributed by atoms with van der Waals surface area (Å²) in [6.45, 7) is 10.6. The van der Waals surface area contributed by atoms with Gasteiger partial charge in [-0.05, 0) is 44.9 Å². The maximum atomic E-state index is 12.6. The molecule has 0 aromatic carbocycles. The molecule has 7 heteroatoms. The summed E-state index contributed by atoms with van der Waals surface area (Å²) in [4.78, 5) is 33.1. The SMILES string of the molecule is C=CCON1C(=O)C[C@@H](C(=O)OC)C12CCN(CC[C@H](C)c1ccc(C)o1)CC2. The maximum Gasteiger partial charge on any atom is 0.311 e. The van der Waals surface area contributed by atoms with Gasteiger partial charge in [0.15, 0.2) is 0 Å². The summed E-state index contributed by atoms with van der Waals surface area (Å²) < 4.78 is 10.7. The number of carbonyl (C=O) groups excluding carboxylic acids is 2. The van der Waals surface area contributed by atoms with Crippen molar-refractivity contribution in [3.8, 4) is 0 Å². The largest absolute Gasteiger partial charge is 0.469 e. The van der Waals surface area contributed by atoms with E-state index in [1.165, 1.54) is 12.2 Å². The predicted octanol–water partition coefficient (Wildman–Crippen LogP) is 3.06. The lowest BCUT2D eigenvalue weighted by atomic mass is 9.77. The van der Waals surface area contributed by atoms with Crippen LogP contribution in [0.4, 0.5) is 0 Å². The number of rotatable bonds is 8. The highest BCUT2D eigenvalue weighted by Crippen LogP contribution is 2.44. The lowest BCUT2D eigenvalue weighted by Crippen LogP contribution is -2.57. The fourth-order valence-corrected chi connectivity index (χ4v) is 4.56. The van der Waals surface area contributed by atoms with Crippen LogP contribution < -0.4 is 0 Å². The molecule has 3 heterocycles. The van der Waals surface area contributed by atoms with Crippen molar-refractivity contribution in [1.82, 2.24) is 9.96 Å². The van der Waals surface area contributed by atoms with Crippen LogP contribution in [-0.4, -0.2) is 60.7 Å². The Balaban J connectivity index is 1.63. The fourth-order valence-electron chi connectivity index (χ4n) is 4.56. The van der Waals surface area contributed by atoms with E-state index in [4.69, 9.17) is 14.0 Å². The van der Waals surface area contributed by atoms with E-state index in [1.54, 1.807) is 6.08 Å². The number of esters is 1. The molecule has 7 nitrogen and oxygen atoms in total. The van der Waals surface area contributed by atoms with Gasteiger partial charge in [0, 0.05) is 25.4 Å². The van der Waals surface area contributed by atoms with Gasteiger partial charge in [0.25, 0.3) is 0 Å². The van der Waals surface area contributed by atoms with Gasteiger partial charge in [0.05, 0.1) is 25.2 Å². The van der Waals surface area contributed by atoms with Crippen molar-refractivity contribution in [3.63, 3.8) is 0 Å². The molecule has 0 aliphatic carbocycles. The third-order valence-electron chi connectivity index (χ3n) is 6.31. The van der Waals surface area contributed by atoms with E-state index in [-0.39, 0.29) is 24.9 Å². The summed E-state index contributed by atoms with van der Waals surface area (Å²) in [5, 5.41) is 1.45. The first-order chi connectivity index (χ1) is 13.9. The third-order valence-corrected chi connectivity index (χ3v) is 6.31. The van der Waals surface area contributed by atoms with Crippen molar-refractivity contribution in [1.29, 1.82) is 0 Å². The second-order valence-electron chi connectivity index (χ2n) is 8.14. The molecule has 0 N–H and O–H groups in total. The van der Waals surface area contributed by atoms with Crippen LogP contribution in [-0.2, 0) is 19.2 Å². The zero-order valence-corrected chi connectivity index (χ0v) is 17.7. The van der Waals surface area contributed by atoms with Gasteiger partial charge in [-0.25, -0.2) is 5.06 Å². The van der Waals surface area contributed by atoms with Crippen LogP contribution >= 0.6 is 0 Å². The Hall–Kier alpha value is -2.12. The number of hydroxylamine groups is 2. The van der Waals surface area contributed by atoms with E-state index in [2.05, 4.69) is 18.4 Å². The van der Waals surface area contributed by atoms with Crippen molar-refractivity contribution in [2.75, 3.05) is 33.4 Å². The van der Waals surface area contributed by atoms with Crippen LogP contribution in [0.3, 0.4) is 0 Å². The summed E-state index contributed by atoms with van der Waals surface area (Å²) >= 11 is 0. The number of piperidine rings is 1. The first-order valence-electron chi connectivity index (χ1n) is 10.3. The number of carbonyl (C=O) groups is 2. The van der Waals surface area contributed by atoms with Gasteiger partial charge in [-0.2, -0.15) is 0 Å². The Bertz CT molecular complexity index is 735. The first-order valence-corrected chi connectivity index (χ1v) is 10.3. The summed E-state index contributed by atoms with van der Waals surface area (Å²) in [7, 11) is 1.38. The maximum absolute atomic E-state index is 12.6. The zero-order valence-electron chi connectivity index (χ0n) is 17.7. The van der Waals surface area contributed by atoms with Gasteiger partial charge in [-0.15, -0.1) is 6.58 Å². The molecule has 2 saturated heterocycles. The number of hydrogen-bond acceptors (Lipinski definition) is 6. The van der Waals surface area contributed by atoms with E-state index in [9.17, 15) is 9.59 Å². The highest BCUT2D eigenvalue weighted by molar-refractivity contribution is 5.88. The molecule has 0 radical (unpaired) electrons. The molecule has 29 heavy (non-hydrogen) atoms. The van der Waals surface area contributed by atoms with Crippen molar-refractivity contribution < 1.29 is 23.6 Å². The number of likely N-dealkylation sites (tertiary alicyclic amines) is 1. The normalized spacial score (nSPS) is 22.8. The molecule has 160 valence electrons. The summed E-state index contributed by atoms with van der Waals surface area (Å²) in [6, 6.07) is 4.05. The van der Waals surface area contributed by atoms with Crippen molar-refractivity contribution >= 4 is 11.9 Å². The molecular formula is C22H32N2O5. The minimum Gasteiger partial charge on any atom is -0.469 e. The number of methoxy groups -OCH3 is 1. The van der Waals surface area contributed by atoms with Crippen LogP contribution in [0, 0.1) is 12.8 Å². The van der Waals surface area contributed by atoms with E-state index < -0.39 is 11.5 Å². The zero-order chi connectivity index (χ0) is 21.0. The smallest absolute Gasteiger partial charge is 0.311 e. The number of amides is 1. The topological polar surface area (TPSA) is 72.2 Å². The average Bonchev–Trinajstić information content (AvgIpc) is 3.27. The Labute approximate surface area is 172 Å². The number of aryl methyl sites for hydroxylation is 1. The number of ether oxygens (including phenoxy) is 1. The fraction of sp³-hybridized carbons (Fsp3) is 0.636. The van der Waals surface area contributed by atoms with Crippen LogP contribution in [0.2, 0.25) is 0 Å². The number of nitrogens with zero attached hydrogens (tertiary/aromatic N) is 2. The molecule has 1 aromatic rings. The van der Waals surface area contributed by atoms with Gasteiger partial charge in [0.2, 0.25) is 5.91 Å². The molecular weight excluding hydrogens is 372 g/mol. The quantitative estimate of drug-likeness (QED) is 0.490. The molecule has 2 aliphatic heterocycles. The van der Waals surface area contributed by atoms with Gasteiger partial charge in [0.1, 0.15) is 11.5 Å². The lowest BCUT2D eigenvalue weighted by Gasteiger charge is -2.45. The average molecular weight is 405 g/mol. The van der Waals surface area contributed by atoms with Crippen LogP contribution in [0.1, 0.15) is 50.0 Å². The van der Waals surface area contributed by atoms with Crippen LogP contribution in [0.5, 0.6) is 0 Å². The first kappa shape index (κ1) is 21.6. The minimum atomic E-state index is -0.632. The molecule has 2 fully saturated rings. The van der Waals surface area contributed by atoms with Gasteiger partial charge >= 0.3 is 5.97 Å². The van der Waals surface area contributed by atoms with E-state index in [0.29, 0.717) is 18.8 Å². The van der Waals surface area contributed by atoms with E-state index in [1.807, 2.05) is 19.1 Å². The molecule has 0 saturated carbocycles. The van der Waals surface area contributed by atoms with Crippen molar-refractivity contribution in [2.45, 2.75) is 51.0 Å². The molecule has 1 amide bonds. The standard InChI is InChI=1S/C22H32N2O5/c1-5-14-28-24-20(25)15-18(21(26)27-4)22(24)9-12-23(13-10-22)11-8-16(2)19-7-6-17(3)29-19/h5-7,16,18H,1,8-15H2,2-4H3/t16-,18-/m0/s1. The molecule has 2 atom stereocenters. The third kappa shape index (κ3) is 4.41. The molecule has 3 rings (SSSR count). The monoisotopic (exact) mass is 404 g/mol. The molecule has 1 aromatic heterocycles. The van der Waals surface area contributed by atoms with Crippen molar-refractivity contribution in [2.24, 2.45) is 5.92 Å². The Morgan fingerprint density at radius 1 is 1.41 bits per heavy atom. The second kappa shape index (κ2) is 9.13. The van der Waals surface area contributed by atoms with E-state index >= 15 is 0 Å². The van der Waals surface area contributed by atoms with Gasteiger partial charge in [-0.1, -0.05) is 13.0 Å². The Morgan fingerprint density at radius 3 is 2.72 bits per heavy atom. The van der Waals surface area contributed by atoms with Crippen LogP contribution in [0.25, 0.3) is 0 Å². The van der Waals surface area contributed by atoms with Crippen LogP contribution in [0.15, 0.2) is 29.2 Å². The number of furan rings is 1. The van der Waals surface area contributed by atoms with Crippen molar-refractivity contribution in [3.05, 3.63) is 36.3 Å². The second-order valence-corrected chi connectivity index (χ2v) is 8.14.